The summed E-state index contributed by atoms with van der Waals surface area (Å²) in [6.45, 7) is 0. The number of fused-ring (bicyclic) bond motifs is 1. The summed E-state index contributed by atoms with van der Waals surface area (Å²) in [4.78, 5) is 19.4. The van der Waals surface area contributed by atoms with Crippen molar-refractivity contribution in [3.05, 3.63) is 82.4 Å². The second-order valence-electron chi connectivity index (χ2n) is 5.44. The third-order valence-electron chi connectivity index (χ3n) is 3.86. The summed E-state index contributed by atoms with van der Waals surface area (Å²) < 4.78 is 4.71. The maximum absolute atomic E-state index is 11.1. The van der Waals surface area contributed by atoms with Gasteiger partial charge in [-0.25, -0.2) is 4.63 Å². The first-order chi connectivity index (χ1) is 12.7. The Morgan fingerprint density at radius 1 is 0.923 bits per heavy atom. The molecule has 0 unspecified atom stereocenters. The number of pyridine rings is 2. The van der Waals surface area contributed by atoms with Gasteiger partial charge < -0.3 is 5.32 Å². The van der Waals surface area contributed by atoms with Crippen molar-refractivity contribution < 1.29 is 9.55 Å². The number of nitro benzene ring substituents is 1. The summed E-state index contributed by atoms with van der Waals surface area (Å²) in [5.41, 5.74) is 2.22. The monoisotopic (exact) mass is 348 g/mol. The van der Waals surface area contributed by atoms with Crippen LogP contribution in [-0.2, 0) is 0 Å². The van der Waals surface area contributed by atoms with Gasteiger partial charge in [0, 0.05) is 18.5 Å². The lowest BCUT2D eigenvalue weighted by atomic mass is 10.1. The van der Waals surface area contributed by atoms with Crippen LogP contribution in [0.5, 0.6) is 0 Å². The molecular weight excluding hydrogens is 336 g/mol. The lowest BCUT2D eigenvalue weighted by Crippen LogP contribution is -2.15. The van der Waals surface area contributed by atoms with E-state index < -0.39 is 4.92 Å². The van der Waals surface area contributed by atoms with Crippen molar-refractivity contribution in [2.45, 2.75) is 6.04 Å². The molecule has 0 aliphatic rings. The summed E-state index contributed by atoms with van der Waals surface area (Å²) in [5.74, 6) is 0. The molecule has 1 aromatic carbocycles. The third kappa shape index (κ3) is 2.81. The first-order valence-electron chi connectivity index (χ1n) is 7.72. The van der Waals surface area contributed by atoms with E-state index in [4.69, 9.17) is 4.63 Å². The molecule has 0 aliphatic heterocycles. The van der Waals surface area contributed by atoms with E-state index in [1.54, 1.807) is 18.5 Å². The molecule has 3 aromatic heterocycles. The molecule has 0 amide bonds. The van der Waals surface area contributed by atoms with Crippen molar-refractivity contribution in [1.29, 1.82) is 0 Å². The number of non-ortho nitro benzene ring substituents is 1. The van der Waals surface area contributed by atoms with Gasteiger partial charge in [0.2, 0.25) is 5.52 Å². The zero-order valence-corrected chi connectivity index (χ0v) is 13.3. The summed E-state index contributed by atoms with van der Waals surface area (Å²) >= 11 is 0. The molecule has 26 heavy (non-hydrogen) atoms. The Labute approximate surface area is 146 Å². The Hall–Kier alpha value is -3.88. The van der Waals surface area contributed by atoms with Gasteiger partial charge in [0.05, 0.1) is 22.0 Å². The predicted molar refractivity (Wildman–Crippen MR) is 92.4 cm³/mol. The number of hydrogen-bond donors (Lipinski definition) is 1. The van der Waals surface area contributed by atoms with Crippen LogP contribution in [0.15, 0.2) is 65.6 Å². The largest absolute Gasteiger partial charge is 0.370 e. The number of hydrogen-bond acceptors (Lipinski definition) is 8. The second-order valence-corrected chi connectivity index (χ2v) is 5.44. The van der Waals surface area contributed by atoms with Crippen LogP contribution in [0.2, 0.25) is 0 Å². The number of anilines is 1. The van der Waals surface area contributed by atoms with Crippen LogP contribution in [-0.4, -0.2) is 25.2 Å². The van der Waals surface area contributed by atoms with Crippen LogP contribution in [0.1, 0.15) is 17.4 Å². The zero-order valence-electron chi connectivity index (χ0n) is 13.3. The first-order valence-corrected chi connectivity index (χ1v) is 7.72. The van der Waals surface area contributed by atoms with Crippen LogP contribution in [0.25, 0.3) is 11.0 Å². The van der Waals surface area contributed by atoms with Crippen molar-refractivity contribution in [2.75, 3.05) is 5.32 Å². The Bertz CT molecular complexity index is 1010. The van der Waals surface area contributed by atoms with E-state index in [-0.39, 0.29) is 22.8 Å². The predicted octanol–water partition coefficient (Wildman–Crippen LogP) is 3.12. The number of nitrogens with zero attached hydrogens (tertiary/aromatic N) is 5. The minimum atomic E-state index is -0.523. The molecule has 0 aliphatic carbocycles. The molecule has 0 bridgehead atoms. The van der Waals surface area contributed by atoms with Crippen LogP contribution in [0.3, 0.4) is 0 Å². The number of aromatic nitrogens is 4. The van der Waals surface area contributed by atoms with Gasteiger partial charge in [0.25, 0.3) is 0 Å². The quantitative estimate of drug-likeness (QED) is 0.431. The van der Waals surface area contributed by atoms with E-state index >= 15 is 0 Å². The smallest absolute Gasteiger partial charge is 0.300 e. The lowest BCUT2D eigenvalue weighted by molar-refractivity contribution is -0.383. The first kappa shape index (κ1) is 15.6. The molecule has 3 heterocycles. The molecule has 0 fully saturated rings. The van der Waals surface area contributed by atoms with Gasteiger partial charge >= 0.3 is 5.69 Å². The van der Waals surface area contributed by atoms with E-state index in [0.29, 0.717) is 5.69 Å². The molecule has 128 valence electrons. The highest BCUT2D eigenvalue weighted by molar-refractivity contribution is 5.93. The van der Waals surface area contributed by atoms with Gasteiger partial charge in [-0.3, -0.25) is 20.1 Å². The topological polar surface area (TPSA) is 120 Å². The fourth-order valence-corrected chi connectivity index (χ4v) is 2.67. The number of benzene rings is 1. The van der Waals surface area contributed by atoms with Gasteiger partial charge in [-0.2, -0.15) is 0 Å². The highest BCUT2D eigenvalue weighted by Gasteiger charge is 2.23. The molecule has 0 atom stereocenters. The highest BCUT2D eigenvalue weighted by atomic mass is 16.6. The zero-order chi connectivity index (χ0) is 17.9. The third-order valence-corrected chi connectivity index (χ3v) is 3.86. The SMILES string of the molecule is O=[N+]([O-])c1ccc(NC(c2ccccn2)c2ccccn2)c2nonc12. The molecule has 9 heteroatoms. The maximum atomic E-state index is 11.1. The molecule has 4 rings (SSSR count). The number of nitro groups is 1. The molecule has 4 aromatic rings. The Balaban J connectivity index is 1.80. The highest BCUT2D eigenvalue weighted by Crippen LogP contribution is 2.32. The summed E-state index contributed by atoms with van der Waals surface area (Å²) in [6, 6.07) is 13.7. The molecule has 0 spiro atoms. The van der Waals surface area contributed by atoms with Gasteiger partial charge in [-0.1, -0.05) is 12.1 Å². The molecular formula is C17H12N6O3. The summed E-state index contributed by atoms with van der Waals surface area (Å²) in [7, 11) is 0. The minimum absolute atomic E-state index is 0.0841. The Kier molecular flexibility index (Phi) is 3.94. The minimum Gasteiger partial charge on any atom is -0.370 e. The van der Waals surface area contributed by atoms with E-state index in [1.807, 2.05) is 36.4 Å². The fourth-order valence-electron chi connectivity index (χ4n) is 2.67. The standard InChI is InChI=1S/C17H12N6O3/c24-23(25)14-8-7-13(16-17(14)22-26-21-16)20-15(11-5-1-3-9-18-11)12-6-2-4-10-19-12/h1-10,15,20H. The Morgan fingerprint density at radius 3 is 2.15 bits per heavy atom. The average molecular weight is 348 g/mol. The van der Waals surface area contributed by atoms with Crippen molar-refractivity contribution in [2.24, 2.45) is 0 Å². The van der Waals surface area contributed by atoms with Crippen molar-refractivity contribution in [3.8, 4) is 0 Å². The molecule has 1 N–H and O–H groups in total. The van der Waals surface area contributed by atoms with Gasteiger partial charge in [0.15, 0.2) is 5.52 Å². The maximum Gasteiger partial charge on any atom is 0.300 e. The molecule has 9 nitrogen and oxygen atoms in total. The van der Waals surface area contributed by atoms with Crippen molar-refractivity contribution in [3.63, 3.8) is 0 Å². The van der Waals surface area contributed by atoms with Gasteiger partial charge in [-0.15, -0.1) is 0 Å². The fraction of sp³-hybridized carbons (Fsp3) is 0.0588. The number of nitrogens with one attached hydrogen (secondary N) is 1. The average Bonchev–Trinajstić information content (AvgIpc) is 3.17. The summed E-state index contributed by atoms with van der Waals surface area (Å²) in [5, 5.41) is 21.9. The van der Waals surface area contributed by atoms with Gasteiger partial charge in [0.1, 0.15) is 6.04 Å². The summed E-state index contributed by atoms with van der Waals surface area (Å²) in [6.07, 6.45) is 3.38. The second kappa shape index (κ2) is 6.55. The number of rotatable bonds is 5. The van der Waals surface area contributed by atoms with Crippen LogP contribution >= 0.6 is 0 Å². The van der Waals surface area contributed by atoms with Crippen LogP contribution in [0, 0.1) is 10.1 Å². The van der Waals surface area contributed by atoms with E-state index in [9.17, 15) is 10.1 Å². The van der Waals surface area contributed by atoms with E-state index in [2.05, 4.69) is 25.6 Å². The normalized spacial score (nSPS) is 11.0. The Morgan fingerprint density at radius 2 is 1.58 bits per heavy atom. The molecule has 0 saturated heterocycles. The van der Waals surface area contributed by atoms with Crippen molar-refractivity contribution >= 4 is 22.4 Å². The molecule has 0 radical (unpaired) electrons. The lowest BCUT2D eigenvalue weighted by Gasteiger charge is -2.19. The molecule has 0 saturated carbocycles. The van der Waals surface area contributed by atoms with Crippen LogP contribution < -0.4 is 5.32 Å². The van der Waals surface area contributed by atoms with Crippen LogP contribution in [0.4, 0.5) is 11.4 Å². The van der Waals surface area contributed by atoms with E-state index in [0.717, 1.165) is 11.4 Å². The van der Waals surface area contributed by atoms with Gasteiger partial charge in [-0.05, 0) is 40.6 Å². The van der Waals surface area contributed by atoms with Crippen molar-refractivity contribution in [1.82, 2.24) is 20.3 Å². The van der Waals surface area contributed by atoms with E-state index in [1.165, 1.54) is 6.07 Å².